The fraction of sp³-hybridized carbons (Fsp3) is 1.00. The van der Waals surface area contributed by atoms with Crippen LogP contribution in [0.3, 0.4) is 0 Å². The van der Waals surface area contributed by atoms with Gasteiger partial charge in [0.2, 0.25) is 0 Å². The third-order valence-electron chi connectivity index (χ3n) is 3.17. The van der Waals surface area contributed by atoms with Gasteiger partial charge in [0.05, 0.1) is 8.80 Å². The standard InChI is InChI=1S/C13H28BrOSi/c1-8-13(7,14)15-9-12(6)16(10(2)3)11(4)5/h10-12H,8-9H2,1-7H3. The zero-order valence-electron chi connectivity index (χ0n) is 11.9. The fourth-order valence-electron chi connectivity index (χ4n) is 2.30. The highest BCUT2D eigenvalue weighted by Crippen LogP contribution is 2.32. The smallest absolute Gasteiger partial charge is 0.119 e. The molecule has 0 bridgehead atoms. The minimum absolute atomic E-state index is 0.137. The van der Waals surface area contributed by atoms with E-state index in [2.05, 4.69) is 64.4 Å². The van der Waals surface area contributed by atoms with Crippen molar-refractivity contribution in [1.82, 2.24) is 0 Å². The zero-order valence-corrected chi connectivity index (χ0v) is 14.5. The quantitative estimate of drug-likeness (QED) is 0.462. The van der Waals surface area contributed by atoms with Crippen molar-refractivity contribution in [1.29, 1.82) is 0 Å². The summed E-state index contributed by atoms with van der Waals surface area (Å²) >= 11 is 3.62. The summed E-state index contributed by atoms with van der Waals surface area (Å²) in [4.78, 5) is 0. The molecule has 2 atom stereocenters. The van der Waals surface area contributed by atoms with Crippen molar-refractivity contribution in [3.63, 3.8) is 0 Å². The molecule has 0 amide bonds. The lowest BCUT2D eigenvalue weighted by Crippen LogP contribution is -2.31. The maximum atomic E-state index is 5.96. The van der Waals surface area contributed by atoms with Gasteiger partial charge in [-0.05, 0) is 18.9 Å². The van der Waals surface area contributed by atoms with Crippen molar-refractivity contribution >= 4 is 24.7 Å². The van der Waals surface area contributed by atoms with Gasteiger partial charge < -0.3 is 4.74 Å². The van der Waals surface area contributed by atoms with Gasteiger partial charge in [-0.1, -0.05) is 68.6 Å². The van der Waals surface area contributed by atoms with E-state index < -0.39 is 0 Å². The summed E-state index contributed by atoms with van der Waals surface area (Å²) in [6.07, 6.45) is 1.01. The molecule has 0 N–H and O–H groups in total. The van der Waals surface area contributed by atoms with Gasteiger partial charge in [0.25, 0.3) is 0 Å². The van der Waals surface area contributed by atoms with E-state index in [4.69, 9.17) is 4.74 Å². The van der Waals surface area contributed by atoms with Gasteiger partial charge in [-0.3, -0.25) is 0 Å². The van der Waals surface area contributed by atoms with Gasteiger partial charge in [-0.25, -0.2) is 0 Å². The van der Waals surface area contributed by atoms with Crippen molar-refractivity contribution < 1.29 is 4.74 Å². The highest BCUT2D eigenvalue weighted by molar-refractivity contribution is 9.10. The molecule has 0 aliphatic heterocycles. The van der Waals surface area contributed by atoms with E-state index in [-0.39, 0.29) is 13.3 Å². The number of ether oxygens (including phenoxy) is 1. The van der Waals surface area contributed by atoms with Crippen LogP contribution in [0, 0.1) is 0 Å². The van der Waals surface area contributed by atoms with Crippen LogP contribution in [0.4, 0.5) is 0 Å². The van der Waals surface area contributed by atoms with Crippen LogP contribution >= 0.6 is 15.9 Å². The minimum Gasteiger partial charge on any atom is -0.364 e. The van der Waals surface area contributed by atoms with Gasteiger partial charge >= 0.3 is 0 Å². The fourth-order valence-corrected chi connectivity index (χ4v) is 6.32. The van der Waals surface area contributed by atoms with Crippen LogP contribution in [0.1, 0.15) is 54.9 Å². The van der Waals surface area contributed by atoms with Gasteiger partial charge in [-0.2, -0.15) is 0 Å². The van der Waals surface area contributed by atoms with Crippen LogP contribution in [0.2, 0.25) is 16.6 Å². The third kappa shape index (κ3) is 5.83. The Bertz CT molecular complexity index is 184. The molecule has 3 heteroatoms. The van der Waals surface area contributed by atoms with Crippen molar-refractivity contribution in [2.75, 3.05) is 6.61 Å². The van der Waals surface area contributed by atoms with Gasteiger partial charge in [0.15, 0.2) is 0 Å². The monoisotopic (exact) mass is 307 g/mol. The highest BCUT2D eigenvalue weighted by atomic mass is 79.9. The predicted octanol–water partition coefficient (Wildman–Crippen LogP) is 5.23. The maximum absolute atomic E-state index is 5.96. The van der Waals surface area contributed by atoms with Crippen LogP contribution in [0.5, 0.6) is 0 Å². The molecule has 0 aliphatic rings. The number of hydrogen-bond donors (Lipinski definition) is 0. The molecule has 0 saturated carbocycles. The SMILES string of the molecule is CCC(C)(Br)OCC(C)[Si](C(C)C)C(C)C. The Morgan fingerprint density at radius 2 is 1.56 bits per heavy atom. The van der Waals surface area contributed by atoms with Crippen molar-refractivity contribution in [3.05, 3.63) is 0 Å². The summed E-state index contributed by atoms with van der Waals surface area (Å²) < 4.78 is 5.83. The Hall–Kier alpha value is 0.657. The second-order valence-corrected chi connectivity index (χ2v) is 11.4. The van der Waals surface area contributed by atoms with Gasteiger partial charge in [0.1, 0.15) is 4.51 Å². The zero-order chi connectivity index (χ0) is 12.9. The second kappa shape index (κ2) is 7.17. The summed E-state index contributed by atoms with van der Waals surface area (Å²) in [6, 6.07) is 0. The Kier molecular flexibility index (Phi) is 7.47. The molecule has 16 heavy (non-hydrogen) atoms. The van der Waals surface area contributed by atoms with Crippen LogP contribution < -0.4 is 0 Å². The average molecular weight is 308 g/mol. The lowest BCUT2D eigenvalue weighted by atomic mass is 10.3. The Morgan fingerprint density at radius 3 is 1.88 bits per heavy atom. The summed E-state index contributed by atoms with van der Waals surface area (Å²) in [5.74, 6) is 0. The molecule has 1 radical (unpaired) electrons. The van der Waals surface area contributed by atoms with E-state index in [0.717, 1.165) is 24.1 Å². The molecule has 0 saturated heterocycles. The molecule has 0 aromatic carbocycles. The van der Waals surface area contributed by atoms with Crippen LogP contribution in [-0.2, 0) is 4.74 Å². The Labute approximate surface area is 112 Å². The van der Waals surface area contributed by atoms with Gasteiger partial charge in [0, 0.05) is 6.61 Å². The van der Waals surface area contributed by atoms with E-state index >= 15 is 0 Å². The summed E-state index contributed by atoms with van der Waals surface area (Å²) in [5, 5.41) is 0. The van der Waals surface area contributed by atoms with Crippen molar-refractivity contribution in [3.8, 4) is 0 Å². The van der Waals surface area contributed by atoms with E-state index in [9.17, 15) is 0 Å². The lowest BCUT2D eigenvalue weighted by molar-refractivity contribution is 0.0419. The molecular weight excluding hydrogens is 280 g/mol. The van der Waals surface area contributed by atoms with E-state index in [0.29, 0.717) is 5.54 Å². The first-order valence-corrected chi connectivity index (χ1v) is 8.93. The molecule has 1 nitrogen and oxygen atoms in total. The second-order valence-electron chi connectivity index (χ2n) is 5.48. The molecule has 0 spiro atoms. The van der Waals surface area contributed by atoms with E-state index in [1.54, 1.807) is 0 Å². The van der Waals surface area contributed by atoms with Crippen molar-refractivity contribution in [2.24, 2.45) is 0 Å². The van der Waals surface area contributed by atoms with Gasteiger partial charge in [-0.15, -0.1) is 0 Å². The minimum atomic E-state index is -0.332. The summed E-state index contributed by atoms with van der Waals surface area (Å²) in [7, 11) is -0.332. The first-order chi connectivity index (χ1) is 7.21. The van der Waals surface area contributed by atoms with Crippen LogP contribution in [-0.4, -0.2) is 19.9 Å². The molecule has 0 heterocycles. The number of halogens is 1. The molecule has 0 rings (SSSR count). The van der Waals surface area contributed by atoms with Crippen LogP contribution in [0.15, 0.2) is 0 Å². The lowest BCUT2D eigenvalue weighted by Gasteiger charge is -2.31. The number of hydrogen-bond acceptors (Lipinski definition) is 1. The molecule has 0 aromatic heterocycles. The Balaban J connectivity index is 4.27. The summed E-state index contributed by atoms with van der Waals surface area (Å²) in [5.41, 5.74) is 2.37. The normalized spacial score (nSPS) is 18.2. The first kappa shape index (κ1) is 16.7. The maximum Gasteiger partial charge on any atom is 0.119 e. The Morgan fingerprint density at radius 1 is 1.12 bits per heavy atom. The molecular formula is C13H28BrOSi. The van der Waals surface area contributed by atoms with Crippen molar-refractivity contribution in [2.45, 2.75) is 76.0 Å². The molecule has 97 valence electrons. The third-order valence-corrected chi connectivity index (χ3v) is 7.93. The molecule has 2 unspecified atom stereocenters. The summed E-state index contributed by atoms with van der Waals surface area (Å²) in [6.45, 7) is 16.9. The molecule has 0 fully saturated rings. The molecule has 0 aliphatic carbocycles. The predicted molar refractivity (Wildman–Crippen MR) is 78.9 cm³/mol. The number of rotatable bonds is 7. The largest absolute Gasteiger partial charge is 0.364 e. The number of alkyl halides is 1. The molecule has 0 aromatic rings. The van der Waals surface area contributed by atoms with E-state index in [1.165, 1.54) is 0 Å². The first-order valence-electron chi connectivity index (χ1n) is 6.40. The van der Waals surface area contributed by atoms with E-state index in [1.807, 2.05) is 0 Å². The topological polar surface area (TPSA) is 9.23 Å². The average Bonchev–Trinajstić information content (AvgIpc) is 2.14. The van der Waals surface area contributed by atoms with Crippen LogP contribution in [0.25, 0.3) is 0 Å². The highest BCUT2D eigenvalue weighted by Gasteiger charge is 2.28.